The minimum atomic E-state index is 0.708. The van der Waals surface area contributed by atoms with E-state index in [9.17, 15) is 0 Å². The highest BCUT2D eigenvalue weighted by Crippen LogP contribution is 2.00. The quantitative estimate of drug-likeness (QED) is 0.599. The second-order valence-electron chi connectivity index (χ2n) is 2.35. The van der Waals surface area contributed by atoms with Crippen molar-refractivity contribution < 1.29 is 0 Å². The third-order valence-electron chi connectivity index (χ3n) is 1.53. The molecule has 1 heteroatoms. The van der Waals surface area contributed by atoms with E-state index in [4.69, 9.17) is 0 Å². The molecule has 9 heavy (non-hydrogen) atoms. The normalized spacial score (nSPS) is 13.7. The fourth-order valence-electron chi connectivity index (χ4n) is 0.989. The fourth-order valence-corrected chi connectivity index (χ4v) is 0.989. The van der Waals surface area contributed by atoms with Crippen LogP contribution in [0.1, 0.15) is 40.0 Å². The van der Waals surface area contributed by atoms with Crippen LogP contribution in [0, 0.1) is 6.54 Å². The molecule has 1 unspecified atom stereocenters. The Balaban J connectivity index is 3.18. The molecule has 0 bridgehead atoms. The van der Waals surface area contributed by atoms with Crippen LogP contribution in [0.3, 0.4) is 0 Å². The summed E-state index contributed by atoms with van der Waals surface area (Å²) >= 11 is 0. The van der Waals surface area contributed by atoms with Gasteiger partial charge in [0.1, 0.15) is 0 Å². The lowest BCUT2D eigenvalue weighted by molar-refractivity contribution is 0.502. The lowest BCUT2D eigenvalue weighted by atomic mass is 10.1. The monoisotopic (exact) mass is 128 g/mol. The van der Waals surface area contributed by atoms with Crippen molar-refractivity contribution in [1.29, 1.82) is 0 Å². The zero-order chi connectivity index (χ0) is 7.11. The third-order valence-corrected chi connectivity index (χ3v) is 1.53. The smallest absolute Gasteiger partial charge is 0.0192 e. The Hall–Kier alpha value is -0.0400. The molecule has 1 atom stereocenters. The van der Waals surface area contributed by atoms with Crippen LogP contribution in [0.4, 0.5) is 0 Å². The van der Waals surface area contributed by atoms with Crippen LogP contribution in [0.2, 0.25) is 0 Å². The largest absolute Gasteiger partial charge is 0.310 e. The minimum absolute atomic E-state index is 0.708. The van der Waals surface area contributed by atoms with Crippen molar-refractivity contribution in [3.63, 3.8) is 0 Å². The van der Waals surface area contributed by atoms with E-state index in [2.05, 4.69) is 19.2 Å². The average Bonchev–Trinajstić information content (AvgIpc) is 1.88. The summed E-state index contributed by atoms with van der Waals surface area (Å²) in [4.78, 5) is 0. The molecule has 55 valence electrons. The van der Waals surface area contributed by atoms with E-state index < -0.39 is 0 Å². The molecule has 0 saturated carbocycles. The van der Waals surface area contributed by atoms with Gasteiger partial charge in [0.2, 0.25) is 0 Å². The van der Waals surface area contributed by atoms with Crippen LogP contribution in [0.5, 0.6) is 0 Å². The first-order valence-corrected chi connectivity index (χ1v) is 3.89. The Bertz CT molecular complexity index is 46.5. The molecule has 0 aromatic carbocycles. The molecule has 1 N–H and O–H groups in total. The molecular weight excluding hydrogens is 110 g/mol. The van der Waals surface area contributed by atoms with Crippen molar-refractivity contribution >= 4 is 0 Å². The van der Waals surface area contributed by atoms with Gasteiger partial charge in [-0.3, -0.25) is 0 Å². The summed E-state index contributed by atoms with van der Waals surface area (Å²) in [5.41, 5.74) is 0. The predicted octanol–water partition coefficient (Wildman–Crippen LogP) is 2.34. The Morgan fingerprint density at radius 3 is 2.44 bits per heavy atom. The molecule has 0 fully saturated rings. The van der Waals surface area contributed by atoms with Crippen molar-refractivity contribution in [2.24, 2.45) is 0 Å². The fraction of sp³-hybridized carbons (Fsp3) is 0.875. The summed E-state index contributed by atoms with van der Waals surface area (Å²) < 4.78 is 0. The molecule has 0 rings (SSSR count). The molecular formula is C8H18N. The minimum Gasteiger partial charge on any atom is -0.310 e. The molecule has 0 amide bonds. The van der Waals surface area contributed by atoms with E-state index in [1.54, 1.807) is 0 Å². The zero-order valence-electron chi connectivity index (χ0n) is 6.78. The van der Waals surface area contributed by atoms with Crippen LogP contribution >= 0.6 is 0 Å². The van der Waals surface area contributed by atoms with Crippen LogP contribution in [0.25, 0.3) is 0 Å². The van der Waals surface area contributed by atoms with Crippen molar-refractivity contribution in [3.8, 4) is 0 Å². The summed E-state index contributed by atoms with van der Waals surface area (Å²) in [5.74, 6) is 0. The predicted molar refractivity (Wildman–Crippen MR) is 42.1 cm³/mol. The van der Waals surface area contributed by atoms with E-state index >= 15 is 0 Å². The summed E-state index contributed by atoms with van der Waals surface area (Å²) in [6, 6.07) is 0.708. The Morgan fingerprint density at radius 1 is 1.44 bits per heavy atom. The molecule has 0 saturated heterocycles. The van der Waals surface area contributed by atoms with E-state index in [1.165, 1.54) is 19.3 Å². The van der Waals surface area contributed by atoms with Gasteiger partial charge in [-0.25, -0.2) is 0 Å². The first-order valence-electron chi connectivity index (χ1n) is 3.89. The van der Waals surface area contributed by atoms with Gasteiger partial charge in [0.05, 0.1) is 0 Å². The molecule has 0 aliphatic heterocycles. The summed E-state index contributed by atoms with van der Waals surface area (Å²) in [6.45, 7) is 8.51. The van der Waals surface area contributed by atoms with E-state index in [1.807, 2.05) is 13.5 Å². The molecule has 0 spiro atoms. The summed E-state index contributed by atoms with van der Waals surface area (Å²) in [6.07, 6.45) is 3.80. The van der Waals surface area contributed by atoms with E-state index in [-0.39, 0.29) is 0 Å². The van der Waals surface area contributed by atoms with Crippen LogP contribution in [-0.4, -0.2) is 6.04 Å². The van der Waals surface area contributed by atoms with E-state index in [0.717, 1.165) is 0 Å². The average molecular weight is 128 g/mol. The van der Waals surface area contributed by atoms with Crippen molar-refractivity contribution in [2.45, 2.75) is 46.1 Å². The lowest BCUT2D eigenvalue weighted by Gasteiger charge is -2.13. The second-order valence-corrected chi connectivity index (χ2v) is 2.35. The van der Waals surface area contributed by atoms with Crippen LogP contribution < -0.4 is 5.32 Å². The van der Waals surface area contributed by atoms with Gasteiger partial charge in [0.15, 0.2) is 0 Å². The van der Waals surface area contributed by atoms with Crippen molar-refractivity contribution in [2.75, 3.05) is 0 Å². The van der Waals surface area contributed by atoms with Crippen molar-refractivity contribution in [3.05, 3.63) is 6.54 Å². The molecule has 1 radical (unpaired) electrons. The van der Waals surface area contributed by atoms with Gasteiger partial charge in [-0.1, -0.05) is 20.3 Å². The van der Waals surface area contributed by atoms with Gasteiger partial charge < -0.3 is 5.32 Å². The van der Waals surface area contributed by atoms with Gasteiger partial charge >= 0.3 is 0 Å². The standard InChI is InChI=1S/C8H18N/c1-4-7-8(5-2)9-6-3/h6,8-9H,4-5,7H2,1-3H3. The van der Waals surface area contributed by atoms with Crippen LogP contribution in [0.15, 0.2) is 0 Å². The highest BCUT2D eigenvalue weighted by atomic mass is 14.9. The topological polar surface area (TPSA) is 12.0 Å². The first-order chi connectivity index (χ1) is 4.35. The number of hydrogen-bond acceptors (Lipinski definition) is 1. The molecule has 0 aromatic heterocycles. The van der Waals surface area contributed by atoms with E-state index in [0.29, 0.717) is 6.04 Å². The highest BCUT2D eigenvalue weighted by molar-refractivity contribution is 4.66. The summed E-state index contributed by atoms with van der Waals surface area (Å²) in [5, 5.41) is 3.31. The molecule has 0 aliphatic rings. The van der Waals surface area contributed by atoms with Gasteiger partial charge in [0.25, 0.3) is 0 Å². The number of nitrogens with one attached hydrogen (secondary N) is 1. The molecule has 1 nitrogen and oxygen atoms in total. The highest BCUT2D eigenvalue weighted by Gasteiger charge is 1.99. The Kier molecular flexibility index (Phi) is 6.06. The van der Waals surface area contributed by atoms with Crippen molar-refractivity contribution in [1.82, 2.24) is 5.32 Å². The first kappa shape index (κ1) is 8.96. The number of hydrogen-bond donors (Lipinski definition) is 1. The molecule has 0 heterocycles. The Morgan fingerprint density at radius 2 is 2.11 bits per heavy atom. The van der Waals surface area contributed by atoms with Gasteiger partial charge in [-0.2, -0.15) is 0 Å². The van der Waals surface area contributed by atoms with Crippen LogP contribution in [-0.2, 0) is 0 Å². The maximum Gasteiger partial charge on any atom is 0.0192 e. The zero-order valence-corrected chi connectivity index (χ0v) is 6.78. The van der Waals surface area contributed by atoms with Gasteiger partial charge in [-0.05, 0) is 19.8 Å². The molecule has 0 aliphatic carbocycles. The maximum absolute atomic E-state index is 3.31. The van der Waals surface area contributed by atoms with Gasteiger partial charge in [-0.15, -0.1) is 0 Å². The number of rotatable bonds is 5. The lowest BCUT2D eigenvalue weighted by Crippen LogP contribution is -2.24. The maximum atomic E-state index is 3.31. The Labute approximate surface area is 58.8 Å². The molecule has 0 aromatic rings. The van der Waals surface area contributed by atoms with Gasteiger partial charge in [0, 0.05) is 12.6 Å². The SMILES string of the molecule is C[CH]NC(CC)CCC. The third kappa shape index (κ3) is 4.46. The summed E-state index contributed by atoms with van der Waals surface area (Å²) in [7, 11) is 0. The second kappa shape index (κ2) is 6.09.